The molecule has 7 heteroatoms. The van der Waals surface area contributed by atoms with Gasteiger partial charge in [-0.05, 0) is 116 Å². The molecule has 0 atom stereocenters. The Morgan fingerprint density at radius 2 is 0.800 bits per heavy atom. The number of carbonyl (C=O) groups excluding carboxylic acids is 4. The zero-order valence-electron chi connectivity index (χ0n) is 32.4. The number of imide groups is 2. The smallest absolute Gasteiger partial charge is 0.265 e. The number of hydrogen-bond donors (Lipinski definition) is 0. The van der Waals surface area contributed by atoms with Crippen LogP contribution in [0.15, 0.2) is 97.1 Å². The monoisotopic (exact) mass is 733 g/mol. The molecular weight excluding hydrogens is 683 g/mol. The van der Waals surface area contributed by atoms with Crippen molar-refractivity contribution in [3.05, 3.63) is 130 Å². The van der Waals surface area contributed by atoms with Gasteiger partial charge in [0.05, 0.1) is 5.69 Å². The minimum atomic E-state index is -0.481. The summed E-state index contributed by atoms with van der Waals surface area (Å²) in [4.78, 5) is 60.5. The second kappa shape index (κ2) is 16.8. The van der Waals surface area contributed by atoms with E-state index in [0.717, 1.165) is 87.7 Å². The van der Waals surface area contributed by atoms with E-state index in [2.05, 4.69) is 74.2 Å². The third kappa shape index (κ3) is 7.45. The number of carbonyl (C=O) groups is 4. The molecule has 0 unspecified atom stereocenters. The molecule has 4 amide bonds. The van der Waals surface area contributed by atoms with Crippen LogP contribution in [0.5, 0.6) is 0 Å². The third-order valence-corrected chi connectivity index (χ3v) is 11.1. The Kier molecular flexibility index (Phi) is 11.6. The van der Waals surface area contributed by atoms with E-state index in [1.54, 1.807) is 24.3 Å². The van der Waals surface area contributed by atoms with E-state index in [0.29, 0.717) is 45.3 Å². The van der Waals surface area contributed by atoms with Crippen LogP contribution in [-0.4, -0.2) is 35.1 Å². The lowest BCUT2D eigenvalue weighted by molar-refractivity contribution is 0.0606. The zero-order valence-corrected chi connectivity index (χ0v) is 32.4. The second-order valence-corrected chi connectivity index (χ2v) is 14.9. The number of hydrogen-bond acceptors (Lipinski definition) is 5. The van der Waals surface area contributed by atoms with Crippen LogP contribution >= 0.6 is 0 Å². The van der Waals surface area contributed by atoms with E-state index in [4.69, 9.17) is 0 Å². The molecule has 0 saturated heterocycles. The molecule has 0 aromatic heterocycles. The Morgan fingerprint density at radius 3 is 1.24 bits per heavy atom. The highest BCUT2D eigenvalue weighted by atomic mass is 16.2. The molecule has 2 aliphatic rings. The van der Waals surface area contributed by atoms with E-state index < -0.39 is 11.8 Å². The van der Waals surface area contributed by atoms with Crippen LogP contribution in [0, 0.1) is 0 Å². The maximum absolute atomic E-state index is 14.2. The molecular formula is C48H51N3O4. The van der Waals surface area contributed by atoms with Gasteiger partial charge in [-0.3, -0.25) is 24.1 Å². The zero-order chi connectivity index (χ0) is 38.5. The molecule has 0 radical (unpaired) electrons. The van der Waals surface area contributed by atoms with Gasteiger partial charge in [0.15, 0.2) is 0 Å². The number of benzene rings is 5. The van der Waals surface area contributed by atoms with Gasteiger partial charge < -0.3 is 4.90 Å². The van der Waals surface area contributed by atoms with E-state index in [1.807, 2.05) is 24.3 Å². The van der Waals surface area contributed by atoms with Crippen molar-refractivity contribution in [2.24, 2.45) is 0 Å². The first-order valence-electron chi connectivity index (χ1n) is 20.3. The standard InChI is InChI=1S/C48H51N3O4/c1-4-7-10-11-12-13-32-49-45(52)39-28-30-41-44-42(31-29-40(43(39)44)46(49)53)48(55)51(47(41)54)38-26-24-37(25-27-38)50(35-20-16-33(17-21-35)14-8-5-2)36-22-18-34(19-23-36)15-9-6-3/h16-31H,4-15,32H2,1-3H3. The number of nitrogens with zero attached hydrogens (tertiary/aromatic N) is 3. The van der Waals surface area contributed by atoms with Crippen molar-refractivity contribution in [2.75, 3.05) is 16.3 Å². The molecule has 0 N–H and O–H groups in total. The molecule has 0 spiro atoms. The van der Waals surface area contributed by atoms with Crippen LogP contribution in [0.4, 0.5) is 22.7 Å². The lowest BCUT2D eigenvalue weighted by Crippen LogP contribution is -2.43. The normalized spacial score (nSPS) is 13.7. The van der Waals surface area contributed by atoms with Crippen molar-refractivity contribution in [3.8, 4) is 0 Å². The van der Waals surface area contributed by atoms with Gasteiger partial charge in [0.25, 0.3) is 23.6 Å². The molecule has 7 nitrogen and oxygen atoms in total. The number of amides is 4. The molecule has 2 aliphatic heterocycles. The molecule has 2 heterocycles. The molecule has 5 aromatic carbocycles. The van der Waals surface area contributed by atoms with Crippen molar-refractivity contribution in [3.63, 3.8) is 0 Å². The average Bonchev–Trinajstić information content (AvgIpc) is 3.21. The first kappa shape index (κ1) is 37.7. The summed E-state index contributed by atoms with van der Waals surface area (Å²) in [6, 6.07) is 31.4. The van der Waals surface area contributed by atoms with Crippen molar-refractivity contribution in [1.29, 1.82) is 0 Å². The molecule has 0 saturated carbocycles. The van der Waals surface area contributed by atoms with Crippen molar-refractivity contribution < 1.29 is 19.2 Å². The summed E-state index contributed by atoms with van der Waals surface area (Å²) in [5.41, 5.74) is 7.30. The van der Waals surface area contributed by atoms with Gasteiger partial charge in [-0.15, -0.1) is 0 Å². The van der Waals surface area contributed by atoms with Crippen LogP contribution in [-0.2, 0) is 12.8 Å². The summed E-state index contributed by atoms with van der Waals surface area (Å²) in [6.45, 7) is 6.93. The quantitative estimate of drug-likeness (QED) is 0.0702. The van der Waals surface area contributed by atoms with Gasteiger partial charge in [0.1, 0.15) is 0 Å². The molecule has 55 heavy (non-hydrogen) atoms. The number of rotatable bonds is 17. The first-order chi connectivity index (χ1) is 26.9. The Balaban J connectivity index is 1.17. The molecule has 0 fully saturated rings. The van der Waals surface area contributed by atoms with E-state index >= 15 is 0 Å². The van der Waals surface area contributed by atoms with Crippen molar-refractivity contribution in [1.82, 2.24) is 4.90 Å². The van der Waals surface area contributed by atoms with Gasteiger partial charge >= 0.3 is 0 Å². The van der Waals surface area contributed by atoms with Crippen LogP contribution in [0.1, 0.15) is 138 Å². The fourth-order valence-electron chi connectivity index (χ4n) is 8.00. The van der Waals surface area contributed by atoms with Crippen LogP contribution in [0.2, 0.25) is 0 Å². The summed E-state index contributed by atoms with van der Waals surface area (Å²) in [5.74, 6) is -1.71. The minimum Gasteiger partial charge on any atom is -0.311 e. The fourth-order valence-corrected chi connectivity index (χ4v) is 8.00. The van der Waals surface area contributed by atoms with Crippen molar-refractivity contribution in [2.45, 2.75) is 97.8 Å². The lowest BCUT2D eigenvalue weighted by Gasteiger charge is -2.32. The predicted octanol–water partition coefficient (Wildman–Crippen LogP) is 11.8. The third-order valence-electron chi connectivity index (χ3n) is 11.1. The van der Waals surface area contributed by atoms with Crippen LogP contribution in [0.3, 0.4) is 0 Å². The highest BCUT2D eigenvalue weighted by Crippen LogP contribution is 2.41. The molecule has 7 rings (SSSR count). The van der Waals surface area contributed by atoms with Gasteiger partial charge in [-0.2, -0.15) is 0 Å². The molecule has 0 bridgehead atoms. The van der Waals surface area contributed by atoms with Gasteiger partial charge in [0, 0.05) is 56.6 Å². The van der Waals surface area contributed by atoms with Gasteiger partial charge in [-0.1, -0.05) is 90.0 Å². The van der Waals surface area contributed by atoms with E-state index in [1.165, 1.54) is 27.3 Å². The Morgan fingerprint density at radius 1 is 0.418 bits per heavy atom. The number of anilines is 4. The molecule has 5 aromatic rings. The van der Waals surface area contributed by atoms with Crippen LogP contribution < -0.4 is 9.80 Å². The van der Waals surface area contributed by atoms with E-state index in [9.17, 15) is 19.2 Å². The predicted molar refractivity (Wildman–Crippen MR) is 222 cm³/mol. The van der Waals surface area contributed by atoms with Crippen molar-refractivity contribution >= 4 is 57.2 Å². The summed E-state index contributed by atoms with van der Waals surface area (Å²) in [5, 5.41) is 0.785. The highest BCUT2D eigenvalue weighted by molar-refractivity contribution is 6.39. The summed E-state index contributed by atoms with van der Waals surface area (Å²) in [7, 11) is 0. The number of aryl methyl sites for hydroxylation is 2. The van der Waals surface area contributed by atoms with Crippen LogP contribution in [0.25, 0.3) is 10.8 Å². The first-order valence-corrected chi connectivity index (χ1v) is 20.3. The lowest BCUT2D eigenvalue weighted by atomic mass is 9.85. The topological polar surface area (TPSA) is 78.0 Å². The number of unbranched alkanes of at least 4 members (excludes halogenated alkanes) is 7. The average molecular weight is 734 g/mol. The Bertz CT molecular complexity index is 2080. The Hall–Kier alpha value is -5.56. The summed E-state index contributed by atoms with van der Waals surface area (Å²) >= 11 is 0. The SMILES string of the molecule is CCCCCCCCN1C(=O)c2ccc3c4c(ccc(c24)C1=O)C(=O)N(c1ccc(N(c2ccc(CCCC)cc2)c2ccc(CCCC)cc2)cc1)C3=O. The largest absolute Gasteiger partial charge is 0.311 e. The fraction of sp³-hybridized carbons (Fsp3) is 0.333. The highest BCUT2D eigenvalue weighted by Gasteiger charge is 2.40. The molecule has 282 valence electrons. The molecule has 0 aliphatic carbocycles. The summed E-state index contributed by atoms with van der Waals surface area (Å²) < 4.78 is 0. The van der Waals surface area contributed by atoms with E-state index in [-0.39, 0.29) is 11.8 Å². The Labute approximate surface area is 324 Å². The maximum atomic E-state index is 14.2. The summed E-state index contributed by atoms with van der Waals surface area (Å²) in [6.07, 6.45) is 12.9. The van der Waals surface area contributed by atoms with Gasteiger partial charge in [0.2, 0.25) is 0 Å². The second-order valence-electron chi connectivity index (χ2n) is 14.9. The van der Waals surface area contributed by atoms with Gasteiger partial charge in [-0.25, -0.2) is 4.90 Å². The minimum absolute atomic E-state index is 0.303. The maximum Gasteiger partial charge on any atom is 0.265 e.